The predicted molar refractivity (Wildman–Crippen MR) is 135 cm³/mol. The molecule has 6 nitrogen and oxygen atoms in total. The van der Waals surface area contributed by atoms with Crippen molar-refractivity contribution in [1.82, 2.24) is 14.5 Å². The van der Waals surface area contributed by atoms with Gasteiger partial charge in [0.15, 0.2) is 0 Å². The Kier molecular flexibility index (Phi) is 8.22. The summed E-state index contributed by atoms with van der Waals surface area (Å²) in [6, 6.07) is 12.3. The second-order valence-corrected chi connectivity index (χ2v) is 9.61. The number of carboxylic acid groups (broad SMARTS) is 1. The first-order valence-corrected chi connectivity index (χ1v) is 12.5. The van der Waals surface area contributed by atoms with E-state index in [9.17, 15) is 9.90 Å². The average molecular weight is 464 g/mol. The van der Waals surface area contributed by atoms with Crippen LogP contribution in [0.15, 0.2) is 48.8 Å². The van der Waals surface area contributed by atoms with Gasteiger partial charge in [-0.2, -0.15) is 0 Å². The molecule has 3 heterocycles. The van der Waals surface area contributed by atoms with Crippen molar-refractivity contribution >= 4 is 16.9 Å². The molecule has 1 fully saturated rings. The number of likely N-dealkylation sites (tertiary alicyclic amines) is 1. The third kappa shape index (κ3) is 5.98. The van der Waals surface area contributed by atoms with Crippen molar-refractivity contribution in [2.24, 2.45) is 18.9 Å². The molecule has 1 aromatic carbocycles. The van der Waals surface area contributed by atoms with Gasteiger partial charge in [0, 0.05) is 37.1 Å². The Morgan fingerprint density at radius 3 is 2.82 bits per heavy atom. The van der Waals surface area contributed by atoms with E-state index in [2.05, 4.69) is 45.9 Å². The van der Waals surface area contributed by atoms with E-state index in [-0.39, 0.29) is 11.8 Å². The van der Waals surface area contributed by atoms with Gasteiger partial charge in [-0.3, -0.25) is 9.78 Å². The number of aryl methyl sites for hydroxylation is 3. The Labute approximate surface area is 202 Å². The van der Waals surface area contributed by atoms with E-state index in [1.54, 1.807) is 7.11 Å². The zero-order valence-corrected chi connectivity index (χ0v) is 20.4. The summed E-state index contributed by atoms with van der Waals surface area (Å²) in [5.74, 6) is 0.178. The molecule has 2 aromatic heterocycles. The summed E-state index contributed by atoms with van der Waals surface area (Å²) in [5.41, 5.74) is 3.59. The van der Waals surface area contributed by atoms with E-state index >= 15 is 0 Å². The van der Waals surface area contributed by atoms with Crippen LogP contribution in [0.25, 0.3) is 10.9 Å². The normalized spacial score (nSPS) is 18.9. The van der Waals surface area contributed by atoms with Gasteiger partial charge >= 0.3 is 5.97 Å². The van der Waals surface area contributed by atoms with Crippen molar-refractivity contribution in [3.63, 3.8) is 0 Å². The van der Waals surface area contributed by atoms with Crippen LogP contribution in [-0.4, -0.2) is 52.3 Å². The van der Waals surface area contributed by atoms with Crippen LogP contribution in [0.5, 0.6) is 5.75 Å². The number of aromatic nitrogens is 2. The van der Waals surface area contributed by atoms with Gasteiger partial charge in [0.1, 0.15) is 5.75 Å². The summed E-state index contributed by atoms with van der Waals surface area (Å²) in [5, 5.41) is 11.0. The first kappa shape index (κ1) is 24.3. The zero-order valence-electron chi connectivity index (χ0n) is 20.4. The van der Waals surface area contributed by atoms with Crippen LogP contribution in [0.2, 0.25) is 0 Å². The molecule has 182 valence electrons. The molecule has 0 amide bonds. The van der Waals surface area contributed by atoms with Gasteiger partial charge in [0.25, 0.3) is 0 Å². The van der Waals surface area contributed by atoms with Gasteiger partial charge in [-0.05, 0) is 106 Å². The molecular weight excluding hydrogens is 426 g/mol. The fourth-order valence-corrected chi connectivity index (χ4v) is 5.38. The highest BCUT2D eigenvalue weighted by molar-refractivity contribution is 5.83. The SMILES string of the molecule is COc1ccc2nccc(CCC[C@@H]3CCN(CCCCc4cccn4C)C[C@@H]3C(=O)O)c2c1. The molecule has 0 radical (unpaired) electrons. The molecule has 1 N–H and O–H groups in total. The van der Waals surface area contributed by atoms with Crippen molar-refractivity contribution in [2.75, 3.05) is 26.7 Å². The zero-order chi connectivity index (χ0) is 23.9. The van der Waals surface area contributed by atoms with Crippen LogP contribution in [0.4, 0.5) is 0 Å². The van der Waals surface area contributed by atoms with E-state index in [1.165, 1.54) is 11.3 Å². The lowest BCUT2D eigenvalue weighted by atomic mass is 9.81. The topological polar surface area (TPSA) is 67.6 Å². The van der Waals surface area contributed by atoms with Crippen molar-refractivity contribution < 1.29 is 14.6 Å². The van der Waals surface area contributed by atoms with Crippen LogP contribution < -0.4 is 4.74 Å². The van der Waals surface area contributed by atoms with E-state index in [1.807, 2.05) is 24.4 Å². The number of carboxylic acids is 1. The van der Waals surface area contributed by atoms with Gasteiger partial charge < -0.3 is 19.3 Å². The molecule has 4 rings (SSSR count). The van der Waals surface area contributed by atoms with Crippen LogP contribution in [0.1, 0.15) is 43.4 Å². The molecule has 1 aliphatic rings. The number of pyridine rings is 1. The summed E-state index contributed by atoms with van der Waals surface area (Å²) in [7, 11) is 3.77. The van der Waals surface area contributed by atoms with E-state index in [0.29, 0.717) is 6.54 Å². The Bertz CT molecular complexity index is 1090. The molecule has 6 heteroatoms. The van der Waals surface area contributed by atoms with Crippen molar-refractivity contribution in [1.29, 1.82) is 0 Å². The molecule has 2 atom stereocenters. The van der Waals surface area contributed by atoms with Crippen LogP contribution in [0, 0.1) is 11.8 Å². The van der Waals surface area contributed by atoms with E-state index in [4.69, 9.17) is 4.74 Å². The summed E-state index contributed by atoms with van der Waals surface area (Å²) in [6.07, 6.45) is 11.1. The first-order valence-electron chi connectivity index (χ1n) is 12.5. The number of hydrogen-bond acceptors (Lipinski definition) is 4. The molecule has 0 saturated carbocycles. The smallest absolute Gasteiger partial charge is 0.308 e. The van der Waals surface area contributed by atoms with Gasteiger partial charge in [-0.15, -0.1) is 0 Å². The van der Waals surface area contributed by atoms with E-state index < -0.39 is 5.97 Å². The van der Waals surface area contributed by atoms with Crippen LogP contribution in [-0.2, 0) is 24.7 Å². The Hall–Kier alpha value is -2.86. The fraction of sp³-hybridized carbons (Fsp3) is 0.500. The molecule has 1 saturated heterocycles. The van der Waals surface area contributed by atoms with Gasteiger partial charge in [-0.25, -0.2) is 0 Å². The standard InChI is InChI=1S/C28H37N3O3/c1-30-16-6-10-23(30)9-3-4-17-31-18-14-22(26(20-31)28(32)33)8-5-7-21-13-15-29-27-12-11-24(34-2)19-25(21)27/h6,10-13,15-16,19,22,26H,3-5,7-9,14,17-18,20H2,1-2H3,(H,32,33)/t22-,26+/m1/s1. The van der Waals surface area contributed by atoms with Gasteiger partial charge in [0.05, 0.1) is 18.5 Å². The largest absolute Gasteiger partial charge is 0.497 e. The maximum atomic E-state index is 12.1. The molecule has 0 spiro atoms. The molecule has 34 heavy (non-hydrogen) atoms. The third-order valence-corrected chi connectivity index (χ3v) is 7.43. The number of rotatable bonds is 11. The molecule has 0 bridgehead atoms. The summed E-state index contributed by atoms with van der Waals surface area (Å²) >= 11 is 0. The summed E-state index contributed by atoms with van der Waals surface area (Å²) in [6.45, 7) is 2.68. The minimum Gasteiger partial charge on any atom is -0.497 e. The van der Waals surface area contributed by atoms with Crippen molar-refractivity contribution in [3.8, 4) is 5.75 Å². The Morgan fingerprint density at radius 1 is 1.18 bits per heavy atom. The number of hydrogen-bond donors (Lipinski definition) is 1. The lowest BCUT2D eigenvalue weighted by Gasteiger charge is -2.36. The van der Waals surface area contributed by atoms with Crippen molar-refractivity contribution in [3.05, 3.63) is 60.0 Å². The monoisotopic (exact) mass is 463 g/mol. The summed E-state index contributed by atoms with van der Waals surface area (Å²) in [4.78, 5) is 18.9. The highest BCUT2D eigenvalue weighted by Gasteiger charge is 2.33. The average Bonchev–Trinajstić information content (AvgIpc) is 3.26. The third-order valence-electron chi connectivity index (χ3n) is 7.43. The quantitative estimate of drug-likeness (QED) is 0.408. The molecular formula is C28H37N3O3. The number of fused-ring (bicyclic) bond motifs is 1. The predicted octanol–water partition coefficient (Wildman–Crippen LogP) is 4.95. The van der Waals surface area contributed by atoms with Crippen LogP contribution >= 0.6 is 0 Å². The maximum Gasteiger partial charge on any atom is 0.308 e. The van der Waals surface area contributed by atoms with Crippen LogP contribution in [0.3, 0.4) is 0 Å². The maximum absolute atomic E-state index is 12.1. The number of unbranched alkanes of at least 4 members (excludes halogenated alkanes) is 1. The highest BCUT2D eigenvalue weighted by Crippen LogP contribution is 2.30. The number of benzene rings is 1. The molecule has 3 aromatic rings. The lowest BCUT2D eigenvalue weighted by Crippen LogP contribution is -2.44. The lowest BCUT2D eigenvalue weighted by molar-refractivity contribution is -0.146. The number of ether oxygens (including phenoxy) is 1. The first-order chi connectivity index (χ1) is 16.5. The minimum absolute atomic E-state index is 0.250. The number of nitrogens with zero attached hydrogens (tertiary/aromatic N) is 3. The second-order valence-electron chi connectivity index (χ2n) is 9.61. The number of piperidine rings is 1. The Morgan fingerprint density at radius 2 is 2.06 bits per heavy atom. The highest BCUT2D eigenvalue weighted by atomic mass is 16.5. The molecule has 0 aliphatic carbocycles. The van der Waals surface area contributed by atoms with Crippen molar-refractivity contribution in [2.45, 2.75) is 44.9 Å². The number of aliphatic carboxylic acids is 1. The van der Waals surface area contributed by atoms with E-state index in [0.717, 1.165) is 74.7 Å². The minimum atomic E-state index is -0.641. The summed E-state index contributed by atoms with van der Waals surface area (Å²) < 4.78 is 7.57. The second kappa shape index (κ2) is 11.5. The molecule has 0 unspecified atom stereocenters. The fourth-order valence-electron chi connectivity index (χ4n) is 5.38. The van der Waals surface area contributed by atoms with Gasteiger partial charge in [-0.1, -0.05) is 0 Å². The number of methoxy groups -OCH3 is 1. The molecule has 1 aliphatic heterocycles. The van der Waals surface area contributed by atoms with Gasteiger partial charge in [0.2, 0.25) is 0 Å². The Balaban J connectivity index is 1.26. The number of carbonyl (C=O) groups is 1.